The summed E-state index contributed by atoms with van der Waals surface area (Å²) < 4.78 is 26.5. The first-order valence-electron chi connectivity index (χ1n) is 7.12. The van der Waals surface area contributed by atoms with Crippen molar-refractivity contribution in [3.05, 3.63) is 30.3 Å². The van der Waals surface area contributed by atoms with Crippen molar-refractivity contribution in [2.75, 3.05) is 49.3 Å². The molecule has 112 valence electrons. The molecule has 0 aromatic heterocycles. The second kappa shape index (κ2) is 7.06. The molecule has 0 unspecified atom stereocenters. The van der Waals surface area contributed by atoms with Crippen LogP contribution in [0.25, 0.3) is 0 Å². The molecule has 1 aliphatic heterocycles. The summed E-state index contributed by atoms with van der Waals surface area (Å²) >= 11 is 0. The van der Waals surface area contributed by atoms with E-state index in [0.29, 0.717) is 13.1 Å². The molecule has 0 bridgehead atoms. The summed E-state index contributed by atoms with van der Waals surface area (Å²) in [4.78, 5) is 2.20. The van der Waals surface area contributed by atoms with Gasteiger partial charge in [-0.25, -0.2) is 8.42 Å². The Labute approximate surface area is 121 Å². The van der Waals surface area contributed by atoms with E-state index >= 15 is 0 Å². The summed E-state index contributed by atoms with van der Waals surface area (Å²) in [5.74, 6) is 0.176. The van der Waals surface area contributed by atoms with E-state index in [-0.39, 0.29) is 5.75 Å². The highest BCUT2D eigenvalue weighted by atomic mass is 32.2. The Kier molecular flexibility index (Phi) is 5.39. The van der Waals surface area contributed by atoms with Crippen molar-refractivity contribution >= 4 is 15.7 Å². The quantitative estimate of drug-likeness (QED) is 0.842. The Morgan fingerprint density at radius 1 is 1.20 bits per heavy atom. The van der Waals surface area contributed by atoms with Crippen molar-refractivity contribution < 1.29 is 8.42 Å². The van der Waals surface area contributed by atoms with Crippen molar-refractivity contribution in [2.45, 2.75) is 6.92 Å². The summed E-state index contributed by atoms with van der Waals surface area (Å²) in [5, 5.41) is 3.27. The first-order chi connectivity index (χ1) is 9.63. The van der Waals surface area contributed by atoms with E-state index < -0.39 is 10.0 Å². The average Bonchev–Trinajstić information content (AvgIpc) is 2.48. The molecule has 20 heavy (non-hydrogen) atoms. The molecule has 0 amide bonds. The molecule has 1 aromatic carbocycles. The van der Waals surface area contributed by atoms with Crippen LogP contribution >= 0.6 is 0 Å². The first kappa shape index (κ1) is 15.3. The predicted molar refractivity (Wildman–Crippen MR) is 82.6 cm³/mol. The number of nitrogens with zero attached hydrogens (tertiary/aromatic N) is 2. The zero-order chi connectivity index (χ0) is 14.4. The lowest BCUT2D eigenvalue weighted by atomic mass is 10.3. The highest BCUT2D eigenvalue weighted by Crippen LogP contribution is 2.17. The van der Waals surface area contributed by atoms with Crippen molar-refractivity contribution in [2.24, 2.45) is 0 Å². The molecule has 0 atom stereocenters. The number of rotatable bonds is 6. The Bertz CT molecular complexity index is 498. The second-order valence-corrected chi connectivity index (χ2v) is 6.92. The van der Waals surface area contributed by atoms with Crippen molar-refractivity contribution in [1.82, 2.24) is 10.2 Å². The predicted octanol–water partition coefficient (Wildman–Crippen LogP) is 0.748. The van der Waals surface area contributed by atoms with Gasteiger partial charge in [0.2, 0.25) is 10.0 Å². The van der Waals surface area contributed by atoms with Crippen LogP contribution in [-0.2, 0) is 10.0 Å². The zero-order valence-corrected chi connectivity index (χ0v) is 12.8. The van der Waals surface area contributed by atoms with Crippen molar-refractivity contribution in [3.8, 4) is 0 Å². The molecular formula is C14H23N3O2S. The van der Waals surface area contributed by atoms with Crippen molar-refractivity contribution in [1.29, 1.82) is 0 Å². The third-order valence-electron chi connectivity index (χ3n) is 3.54. The molecule has 1 fully saturated rings. The minimum atomic E-state index is -3.25. The van der Waals surface area contributed by atoms with E-state index in [1.54, 1.807) is 0 Å². The van der Waals surface area contributed by atoms with Gasteiger partial charge in [-0.2, -0.15) is 0 Å². The van der Waals surface area contributed by atoms with Gasteiger partial charge in [-0.1, -0.05) is 18.2 Å². The third-order valence-corrected chi connectivity index (χ3v) is 5.38. The molecule has 1 heterocycles. The van der Waals surface area contributed by atoms with Crippen LogP contribution in [0.2, 0.25) is 0 Å². The smallest absolute Gasteiger partial charge is 0.236 e. The minimum Gasteiger partial charge on any atom is -0.314 e. The van der Waals surface area contributed by atoms with Crippen LogP contribution in [0.15, 0.2) is 30.3 Å². The molecule has 0 saturated carbocycles. The van der Waals surface area contributed by atoms with Crippen LogP contribution in [0.5, 0.6) is 0 Å². The van der Waals surface area contributed by atoms with Crippen LogP contribution in [0, 0.1) is 0 Å². The largest absolute Gasteiger partial charge is 0.314 e. The fourth-order valence-corrected chi connectivity index (χ4v) is 3.97. The molecule has 1 N–H and O–H groups in total. The highest BCUT2D eigenvalue weighted by molar-refractivity contribution is 7.92. The van der Waals surface area contributed by atoms with Gasteiger partial charge in [-0.3, -0.25) is 9.21 Å². The Morgan fingerprint density at radius 3 is 2.45 bits per heavy atom. The number of hydrogen-bond donors (Lipinski definition) is 1. The molecule has 0 spiro atoms. The van der Waals surface area contributed by atoms with E-state index in [4.69, 9.17) is 0 Å². The molecule has 0 aliphatic carbocycles. The van der Waals surface area contributed by atoms with E-state index in [1.807, 2.05) is 37.3 Å². The van der Waals surface area contributed by atoms with Crippen LogP contribution in [0.1, 0.15) is 6.92 Å². The number of sulfonamides is 1. The fraction of sp³-hybridized carbons (Fsp3) is 0.571. The molecule has 2 rings (SSSR count). The van der Waals surface area contributed by atoms with Crippen molar-refractivity contribution in [3.63, 3.8) is 0 Å². The average molecular weight is 297 g/mol. The number of anilines is 1. The van der Waals surface area contributed by atoms with Gasteiger partial charge in [0.25, 0.3) is 0 Å². The summed E-state index contributed by atoms with van der Waals surface area (Å²) in [5.41, 5.74) is 0.746. The monoisotopic (exact) mass is 297 g/mol. The van der Waals surface area contributed by atoms with Crippen LogP contribution in [0.4, 0.5) is 5.69 Å². The lowest BCUT2D eigenvalue weighted by Crippen LogP contribution is -2.46. The molecule has 6 heteroatoms. The second-order valence-electron chi connectivity index (χ2n) is 4.91. The van der Waals surface area contributed by atoms with Gasteiger partial charge < -0.3 is 5.32 Å². The minimum absolute atomic E-state index is 0.176. The highest BCUT2D eigenvalue weighted by Gasteiger charge is 2.22. The van der Waals surface area contributed by atoms with E-state index in [1.165, 1.54) is 4.31 Å². The number of para-hydroxylation sites is 1. The van der Waals surface area contributed by atoms with E-state index in [9.17, 15) is 8.42 Å². The normalized spacial score (nSPS) is 17.1. The summed E-state index contributed by atoms with van der Waals surface area (Å²) in [6, 6.07) is 9.30. The summed E-state index contributed by atoms with van der Waals surface area (Å²) in [6.45, 7) is 6.67. The fourth-order valence-electron chi connectivity index (χ4n) is 2.42. The molecule has 0 radical (unpaired) electrons. The Morgan fingerprint density at radius 2 is 1.85 bits per heavy atom. The lowest BCUT2D eigenvalue weighted by molar-refractivity contribution is 0.254. The van der Waals surface area contributed by atoms with Gasteiger partial charge in [-0.15, -0.1) is 0 Å². The molecule has 1 aromatic rings. The lowest BCUT2D eigenvalue weighted by Gasteiger charge is -2.29. The Balaban J connectivity index is 2.00. The molecule has 1 aliphatic rings. The van der Waals surface area contributed by atoms with Crippen LogP contribution in [-0.4, -0.2) is 58.3 Å². The van der Waals surface area contributed by atoms with E-state index in [2.05, 4.69) is 10.2 Å². The third kappa shape index (κ3) is 3.94. The maximum absolute atomic E-state index is 12.5. The van der Waals surface area contributed by atoms with E-state index in [0.717, 1.165) is 31.9 Å². The van der Waals surface area contributed by atoms with Gasteiger partial charge in [-0.05, 0) is 19.1 Å². The number of piperazine rings is 1. The maximum Gasteiger partial charge on any atom is 0.236 e. The maximum atomic E-state index is 12.5. The Hall–Kier alpha value is -1.11. The summed E-state index contributed by atoms with van der Waals surface area (Å²) in [6.07, 6.45) is 0. The molecule has 5 nitrogen and oxygen atoms in total. The van der Waals surface area contributed by atoms with Gasteiger partial charge >= 0.3 is 0 Å². The number of nitrogens with one attached hydrogen (secondary N) is 1. The number of hydrogen-bond acceptors (Lipinski definition) is 4. The van der Waals surface area contributed by atoms with Gasteiger partial charge in [0.05, 0.1) is 11.4 Å². The standard InChI is InChI=1S/C14H23N3O2S/c1-2-17(14-6-4-3-5-7-14)20(18,19)13-12-16-10-8-15-9-11-16/h3-7,15H,2,8-13H2,1H3. The van der Waals surface area contributed by atoms with Crippen LogP contribution in [0.3, 0.4) is 0 Å². The zero-order valence-electron chi connectivity index (χ0n) is 12.0. The topological polar surface area (TPSA) is 52.7 Å². The van der Waals surface area contributed by atoms with Crippen LogP contribution < -0.4 is 9.62 Å². The molecule has 1 saturated heterocycles. The summed E-state index contributed by atoms with van der Waals surface area (Å²) in [7, 11) is -3.25. The SMILES string of the molecule is CCN(c1ccccc1)S(=O)(=O)CCN1CCNCC1. The first-order valence-corrected chi connectivity index (χ1v) is 8.73. The van der Waals surface area contributed by atoms with Gasteiger partial charge in [0.15, 0.2) is 0 Å². The molecular weight excluding hydrogens is 274 g/mol. The number of benzene rings is 1. The van der Waals surface area contributed by atoms with Gasteiger partial charge in [0, 0.05) is 39.3 Å². The van der Waals surface area contributed by atoms with Gasteiger partial charge in [0.1, 0.15) is 0 Å².